The number of carbonyl (C=O) groups is 1. The number of ether oxygens (including phenoxy) is 1. The predicted molar refractivity (Wildman–Crippen MR) is 74.0 cm³/mol. The van der Waals surface area contributed by atoms with E-state index in [4.69, 9.17) is 10.00 Å². The number of hydrogen-bond acceptors (Lipinski definition) is 4. The smallest absolute Gasteiger partial charge is 0.239 e. The fourth-order valence-electron chi connectivity index (χ4n) is 1.67. The van der Waals surface area contributed by atoms with E-state index in [0.717, 1.165) is 11.3 Å². The SMILES string of the molecule is COCCNC(=O)CN(C)c1ccc(C#N)c(C)c1. The number of nitrogens with zero attached hydrogens (tertiary/aromatic N) is 2. The fourth-order valence-corrected chi connectivity index (χ4v) is 1.67. The second-order valence-electron chi connectivity index (χ2n) is 4.31. The van der Waals surface area contributed by atoms with Crippen molar-refractivity contribution in [3.8, 4) is 6.07 Å². The Balaban J connectivity index is 2.58. The number of anilines is 1. The Labute approximate surface area is 113 Å². The van der Waals surface area contributed by atoms with Gasteiger partial charge in [-0.25, -0.2) is 0 Å². The Morgan fingerprint density at radius 1 is 1.53 bits per heavy atom. The molecule has 1 amide bonds. The molecule has 0 atom stereocenters. The van der Waals surface area contributed by atoms with Crippen LogP contribution in [-0.4, -0.2) is 39.8 Å². The first-order chi connectivity index (χ1) is 9.08. The molecule has 102 valence electrons. The van der Waals surface area contributed by atoms with Crippen LogP contribution in [0.4, 0.5) is 5.69 Å². The van der Waals surface area contributed by atoms with Crippen LogP contribution >= 0.6 is 0 Å². The third-order valence-corrected chi connectivity index (χ3v) is 2.78. The molecule has 1 aromatic carbocycles. The molecule has 0 aromatic heterocycles. The molecular formula is C14H19N3O2. The summed E-state index contributed by atoms with van der Waals surface area (Å²) in [6, 6.07) is 7.64. The summed E-state index contributed by atoms with van der Waals surface area (Å²) < 4.78 is 4.86. The Bertz CT molecular complexity index is 480. The molecule has 0 fully saturated rings. The maximum atomic E-state index is 11.6. The third kappa shape index (κ3) is 4.60. The van der Waals surface area contributed by atoms with Crippen molar-refractivity contribution in [2.24, 2.45) is 0 Å². The van der Waals surface area contributed by atoms with E-state index in [9.17, 15) is 4.79 Å². The second kappa shape index (κ2) is 7.39. The molecule has 0 bridgehead atoms. The van der Waals surface area contributed by atoms with Gasteiger partial charge in [-0.1, -0.05) is 0 Å². The van der Waals surface area contributed by atoms with Crippen LogP contribution in [0.1, 0.15) is 11.1 Å². The Morgan fingerprint density at radius 3 is 2.84 bits per heavy atom. The molecule has 1 N–H and O–H groups in total. The first kappa shape index (κ1) is 15.0. The molecule has 5 nitrogen and oxygen atoms in total. The lowest BCUT2D eigenvalue weighted by molar-refractivity contribution is -0.119. The normalized spacial score (nSPS) is 9.79. The summed E-state index contributed by atoms with van der Waals surface area (Å²) >= 11 is 0. The van der Waals surface area contributed by atoms with Crippen LogP contribution in [0.2, 0.25) is 0 Å². The molecule has 1 rings (SSSR count). The van der Waals surface area contributed by atoms with Gasteiger partial charge in [0.05, 0.1) is 24.8 Å². The first-order valence-electron chi connectivity index (χ1n) is 6.06. The standard InChI is InChI=1S/C14H19N3O2/c1-11-8-13(5-4-12(11)9-15)17(2)10-14(18)16-6-7-19-3/h4-5,8H,6-7,10H2,1-3H3,(H,16,18). The number of amides is 1. The van der Waals surface area contributed by atoms with Gasteiger partial charge in [-0.2, -0.15) is 5.26 Å². The molecule has 0 aliphatic carbocycles. The molecule has 0 spiro atoms. The summed E-state index contributed by atoms with van der Waals surface area (Å²) in [5.74, 6) is -0.0541. The minimum absolute atomic E-state index is 0.0541. The van der Waals surface area contributed by atoms with Crippen molar-refractivity contribution in [3.05, 3.63) is 29.3 Å². The van der Waals surface area contributed by atoms with E-state index in [1.54, 1.807) is 13.2 Å². The monoisotopic (exact) mass is 261 g/mol. The largest absolute Gasteiger partial charge is 0.383 e. The Kier molecular flexibility index (Phi) is 5.83. The van der Waals surface area contributed by atoms with Crippen LogP contribution in [0.5, 0.6) is 0 Å². The topological polar surface area (TPSA) is 65.4 Å². The maximum absolute atomic E-state index is 11.6. The van der Waals surface area contributed by atoms with Gasteiger partial charge >= 0.3 is 0 Å². The average Bonchev–Trinajstić information content (AvgIpc) is 2.38. The van der Waals surface area contributed by atoms with Gasteiger partial charge in [-0.05, 0) is 30.7 Å². The number of rotatable bonds is 6. The van der Waals surface area contributed by atoms with E-state index in [2.05, 4.69) is 11.4 Å². The molecule has 0 saturated carbocycles. The zero-order chi connectivity index (χ0) is 14.3. The summed E-state index contributed by atoms with van der Waals surface area (Å²) in [7, 11) is 3.44. The highest BCUT2D eigenvalue weighted by molar-refractivity contribution is 5.81. The van der Waals surface area contributed by atoms with Crippen molar-refractivity contribution < 1.29 is 9.53 Å². The van der Waals surface area contributed by atoms with E-state index in [0.29, 0.717) is 18.7 Å². The number of nitrogens with one attached hydrogen (secondary N) is 1. The Morgan fingerprint density at radius 2 is 2.26 bits per heavy atom. The van der Waals surface area contributed by atoms with E-state index >= 15 is 0 Å². The summed E-state index contributed by atoms with van der Waals surface area (Å²) in [6.45, 7) is 3.17. The van der Waals surface area contributed by atoms with Gasteiger partial charge in [0.25, 0.3) is 0 Å². The molecule has 19 heavy (non-hydrogen) atoms. The average molecular weight is 261 g/mol. The van der Waals surface area contributed by atoms with Gasteiger partial charge in [-0.3, -0.25) is 4.79 Å². The van der Waals surface area contributed by atoms with Crippen LogP contribution < -0.4 is 10.2 Å². The zero-order valence-corrected chi connectivity index (χ0v) is 11.6. The van der Waals surface area contributed by atoms with E-state index in [1.807, 2.05) is 31.0 Å². The van der Waals surface area contributed by atoms with Crippen LogP contribution in [0.25, 0.3) is 0 Å². The summed E-state index contributed by atoms with van der Waals surface area (Å²) in [4.78, 5) is 13.5. The minimum Gasteiger partial charge on any atom is -0.383 e. The van der Waals surface area contributed by atoms with Crippen LogP contribution in [0.3, 0.4) is 0 Å². The molecule has 5 heteroatoms. The minimum atomic E-state index is -0.0541. The van der Waals surface area contributed by atoms with Gasteiger partial charge in [0.15, 0.2) is 0 Å². The lowest BCUT2D eigenvalue weighted by Crippen LogP contribution is -2.36. The fraction of sp³-hybridized carbons (Fsp3) is 0.429. The lowest BCUT2D eigenvalue weighted by atomic mass is 10.1. The van der Waals surface area contributed by atoms with Crippen molar-refractivity contribution in [3.63, 3.8) is 0 Å². The van der Waals surface area contributed by atoms with Gasteiger partial charge in [0, 0.05) is 26.4 Å². The number of aryl methyl sites for hydroxylation is 1. The number of carbonyl (C=O) groups excluding carboxylic acids is 1. The van der Waals surface area contributed by atoms with Gasteiger partial charge in [0.1, 0.15) is 0 Å². The van der Waals surface area contributed by atoms with Crippen LogP contribution in [-0.2, 0) is 9.53 Å². The summed E-state index contributed by atoms with van der Waals surface area (Å²) in [6.07, 6.45) is 0. The van der Waals surface area contributed by atoms with Crippen molar-refractivity contribution in [1.82, 2.24) is 5.32 Å². The molecule has 0 radical (unpaired) electrons. The molecular weight excluding hydrogens is 242 g/mol. The van der Waals surface area contributed by atoms with Gasteiger partial charge in [-0.15, -0.1) is 0 Å². The lowest BCUT2D eigenvalue weighted by Gasteiger charge is -2.19. The molecule has 1 aromatic rings. The van der Waals surface area contributed by atoms with Crippen molar-refractivity contribution in [2.75, 3.05) is 38.8 Å². The third-order valence-electron chi connectivity index (χ3n) is 2.78. The summed E-state index contributed by atoms with van der Waals surface area (Å²) in [5.41, 5.74) is 2.48. The maximum Gasteiger partial charge on any atom is 0.239 e. The summed E-state index contributed by atoms with van der Waals surface area (Å²) in [5, 5.41) is 11.6. The highest BCUT2D eigenvalue weighted by Crippen LogP contribution is 2.17. The van der Waals surface area contributed by atoms with Crippen molar-refractivity contribution >= 4 is 11.6 Å². The number of likely N-dealkylation sites (N-methyl/N-ethyl adjacent to an activating group) is 1. The number of benzene rings is 1. The second-order valence-corrected chi connectivity index (χ2v) is 4.31. The van der Waals surface area contributed by atoms with Crippen LogP contribution in [0.15, 0.2) is 18.2 Å². The zero-order valence-electron chi connectivity index (χ0n) is 11.6. The van der Waals surface area contributed by atoms with Crippen molar-refractivity contribution in [2.45, 2.75) is 6.92 Å². The molecule has 0 aliphatic rings. The quantitative estimate of drug-likeness (QED) is 0.778. The number of nitriles is 1. The predicted octanol–water partition coefficient (Wildman–Crippen LogP) is 1.07. The highest BCUT2D eigenvalue weighted by atomic mass is 16.5. The van der Waals surface area contributed by atoms with Crippen molar-refractivity contribution in [1.29, 1.82) is 5.26 Å². The highest BCUT2D eigenvalue weighted by Gasteiger charge is 2.08. The number of hydrogen-bond donors (Lipinski definition) is 1. The van der Waals surface area contributed by atoms with Gasteiger partial charge in [0.2, 0.25) is 5.91 Å². The van der Waals surface area contributed by atoms with E-state index in [1.165, 1.54) is 0 Å². The first-order valence-corrected chi connectivity index (χ1v) is 6.06. The number of methoxy groups -OCH3 is 1. The molecule has 0 saturated heterocycles. The Hall–Kier alpha value is -2.06. The van der Waals surface area contributed by atoms with Gasteiger partial charge < -0.3 is 15.0 Å². The molecule has 0 unspecified atom stereocenters. The molecule has 0 heterocycles. The van der Waals surface area contributed by atoms with E-state index in [-0.39, 0.29) is 12.5 Å². The van der Waals surface area contributed by atoms with E-state index < -0.39 is 0 Å². The van der Waals surface area contributed by atoms with Crippen LogP contribution in [0, 0.1) is 18.3 Å². The molecule has 0 aliphatic heterocycles.